The molecule has 1 radical (unpaired) electrons. The third kappa shape index (κ3) is 3.94. The topological polar surface area (TPSA) is 89.6 Å². The molecule has 0 saturated heterocycles. The summed E-state index contributed by atoms with van der Waals surface area (Å²) in [5.74, 6) is 1.62. The molecule has 179 valence electrons. The summed E-state index contributed by atoms with van der Waals surface area (Å²) in [6, 6.07) is 12.0. The van der Waals surface area contributed by atoms with Gasteiger partial charge < -0.3 is 19.1 Å². The Kier molecular flexibility index (Phi) is 5.52. The van der Waals surface area contributed by atoms with Gasteiger partial charge in [-0.15, -0.1) is 22.1 Å². The first-order valence-corrected chi connectivity index (χ1v) is 11.6. The van der Waals surface area contributed by atoms with Gasteiger partial charge in [0.25, 0.3) is 0 Å². The number of hydrogen-bond acceptors (Lipinski definition) is 4. The van der Waals surface area contributed by atoms with Crippen molar-refractivity contribution in [2.24, 2.45) is 14.1 Å². The van der Waals surface area contributed by atoms with Gasteiger partial charge in [-0.05, 0) is 24.3 Å². The number of fused-ring (bicyclic) bond motifs is 8. The van der Waals surface area contributed by atoms with Crippen LogP contribution in [0.2, 0.25) is 0 Å². The van der Waals surface area contributed by atoms with Gasteiger partial charge in [0.1, 0.15) is 11.6 Å². The Morgan fingerprint density at radius 1 is 0.622 bits per heavy atom. The molecule has 8 bridgehead atoms. The minimum atomic E-state index is 0. The Morgan fingerprint density at radius 3 is 1.49 bits per heavy atom. The van der Waals surface area contributed by atoms with Crippen molar-refractivity contribution >= 4 is 46.4 Å². The molecule has 0 spiro atoms. The Labute approximate surface area is 223 Å². The SMILES string of the molecule is Cn1ccnc1-c1c2nc(cc3ccc([n-]3)c(-c3nccn3C)c3nc(cc4ccc1[n-]4)C=C3)C=C2.[Mn+2]. The van der Waals surface area contributed by atoms with E-state index in [9.17, 15) is 0 Å². The molecule has 2 aliphatic rings. The van der Waals surface area contributed by atoms with Gasteiger partial charge in [0, 0.05) is 50.0 Å². The molecule has 0 fully saturated rings. The number of nitrogens with zero attached hydrogens (tertiary/aromatic N) is 8. The van der Waals surface area contributed by atoms with Gasteiger partial charge in [-0.3, -0.25) is 0 Å². The number of aromatic nitrogens is 8. The second-order valence-electron chi connectivity index (χ2n) is 8.78. The van der Waals surface area contributed by atoms with Gasteiger partial charge >= 0.3 is 17.1 Å². The van der Waals surface area contributed by atoms with Gasteiger partial charge in [-0.1, -0.05) is 36.4 Å². The molecular formula is C28H20MnN8. The van der Waals surface area contributed by atoms with Crippen molar-refractivity contribution in [3.8, 4) is 22.8 Å². The molecule has 0 amide bonds. The molecule has 0 saturated carbocycles. The van der Waals surface area contributed by atoms with Crippen molar-refractivity contribution in [1.82, 2.24) is 39.0 Å². The van der Waals surface area contributed by atoms with Crippen LogP contribution in [-0.4, -0.2) is 29.1 Å². The largest absolute Gasteiger partial charge is 2.00 e. The van der Waals surface area contributed by atoms with E-state index in [2.05, 4.69) is 9.97 Å². The standard InChI is InChI=1S/C28H20N8.Mn/c1-35-13-11-29-27(35)25-21-7-3-17(31-21)15-19-5-9-23(33-19)26(28-30-12-14-36(28)2)24-10-6-20(34-24)16-18-4-8-22(25)32-18;/h3-16H,1-2H3;/q-2;+2. The summed E-state index contributed by atoms with van der Waals surface area (Å²) in [6.07, 6.45) is 15.4. The normalized spacial score (nSPS) is 12.2. The monoisotopic (exact) mass is 523 g/mol. The molecule has 0 aliphatic carbocycles. The third-order valence-electron chi connectivity index (χ3n) is 6.35. The number of aryl methyl sites for hydroxylation is 2. The molecule has 0 N–H and O–H groups in total. The smallest absolute Gasteiger partial charge is 0.657 e. The van der Waals surface area contributed by atoms with Crippen molar-refractivity contribution in [1.29, 1.82) is 0 Å². The molecule has 2 aliphatic heterocycles. The van der Waals surface area contributed by atoms with Crippen LogP contribution in [0.3, 0.4) is 0 Å². The zero-order valence-electron chi connectivity index (χ0n) is 20.0. The molecule has 8 nitrogen and oxygen atoms in total. The van der Waals surface area contributed by atoms with E-state index in [1.807, 2.05) is 96.3 Å². The molecule has 0 unspecified atom stereocenters. The average molecular weight is 523 g/mol. The Bertz CT molecular complexity index is 1740. The zero-order valence-corrected chi connectivity index (χ0v) is 21.2. The van der Waals surface area contributed by atoms with Crippen LogP contribution < -0.4 is 9.97 Å². The van der Waals surface area contributed by atoms with E-state index in [4.69, 9.17) is 19.9 Å². The van der Waals surface area contributed by atoms with E-state index >= 15 is 0 Å². The molecule has 9 heteroatoms. The van der Waals surface area contributed by atoms with Crippen LogP contribution in [0.1, 0.15) is 22.8 Å². The quantitative estimate of drug-likeness (QED) is 0.305. The summed E-state index contributed by atoms with van der Waals surface area (Å²) in [5.41, 5.74) is 8.29. The predicted molar refractivity (Wildman–Crippen MR) is 141 cm³/mol. The van der Waals surface area contributed by atoms with Crippen LogP contribution in [0.4, 0.5) is 0 Å². The van der Waals surface area contributed by atoms with Crippen molar-refractivity contribution in [3.05, 3.63) is 84.0 Å². The van der Waals surface area contributed by atoms with Gasteiger partial charge in [-0.25, -0.2) is 19.9 Å². The molecule has 0 atom stereocenters. The maximum Gasteiger partial charge on any atom is 2.00 e. The van der Waals surface area contributed by atoms with Crippen LogP contribution in [0, 0.1) is 0 Å². The molecule has 7 heterocycles. The van der Waals surface area contributed by atoms with Gasteiger partial charge in [0.05, 0.1) is 22.8 Å². The number of imidazole rings is 2. The van der Waals surface area contributed by atoms with E-state index < -0.39 is 0 Å². The predicted octanol–water partition coefficient (Wildman–Crippen LogP) is 4.71. The fourth-order valence-electron chi connectivity index (χ4n) is 4.63. The van der Waals surface area contributed by atoms with Crippen LogP contribution in [0.25, 0.3) is 69.1 Å². The maximum absolute atomic E-state index is 4.91. The van der Waals surface area contributed by atoms with Crippen LogP contribution in [0.5, 0.6) is 0 Å². The fraction of sp³-hybridized carbons (Fsp3) is 0.0714. The molecule has 37 heavy (non-hydrogen) atoms. The number of rotatable bonds is 2. The number of hydrogen-bond donors (Lipinski definition) is 0. The van der Waals surface area contributed by atoms with E-state index in [0.29, 0.717) is 0 Å². The Morgan fingerprint density at radius 2 is 1.08 bits per heavy atom. The van der Waals surface area contributed by atoms with E-state index in [0.717, 1.165) is 67.6 Å². The minimum Gasteiger partial charge on any atom is -0.657 e. The summed E-state index contributed by atoms with van der Waals surface area (Å²) in [4.78, 5) is 28.8. The zero-order chi connectivity index (χ0) is 24.2. The van der Waals surface area contributed by atoms with Crippen molar-refractivity contribution < 1.29 is 17.1 Å². The van der Waals surface area contributed by atoms with Gasteiger partial charge in [-0.2, -0.15) is 0 Å². The van der Waals surface area contributed by atoms with Gasteiger partial charge in [0.2, 0.25) is 0 Å². The van der Waals surface area contributed by atoms with Crippen molar-refractivity contribution in [3.63, 3.8) is 0 Å². The molecular weight excluding hydrogens is 503 g/mol. The van der Waals surface area contributed by atoms with E-state index in [1.165, 1.54) is 0 Å². The van der Waals surface area contributed by atoms with Crippen LogP contribution in [0.15, 0.2) is 61.2 Å². The molecule has 5 aromatic rings. The maximum atomic E-state index is 4.91. The summed E-state index contributed by atoms with van der Waals surface area (Å²) in [7, 11) is 3.95. The molecule has 7 rings (SSSR count). The minimum absolute atomic E-state index is 0. The summed E-state index contributed by atoms with van der Waals surface area (Å²) in [6.45, 7) is 0. The Balaban J connectivity index is 0.00000252. The second-order valence-corrected chi connectivity index (χ2v) is 8.78. The molecule has 0 aromatic carbocycles. The van der Waals surface area contributed by atoms with Crippen molar-refractivity contribution in [2.75, 3.05) is 0 Å². The van der Waals surface area contributed by atoms with E-state index in [-0.39, 0.29) is 17.1 Å². The average Bonchev–Trinajstić information content (AvgIpc) is 3.68. The first-order valence-electron chi connectivity index (χ1n) is 11.6. The first-order chi connectivity index (χ1) is 17.6. The first kappa shape index (κ1) is 23.0. The summed E-state index contributed by atoms with van der Waals surface area (Å²) >= 11 is 0. The summed E-state index contributed by atoms with van der Waals surface area (Å²) in [5, 5.41) is 0. The Hall–Kier alpha value is -4.46. The summed E-state index contributed by atoms with van der Waals surface area (Å²) < 4.78 is 3.96. The molecule has 5 aromatic heterocycles. The van der Waals surface area contributed by atoms with Crippen LogP contribution in [-0.2, 0) is 31.2 Å². The third-order valence-corrected chi connectivity index (χ3v) is 6.35. The van der Waals surface area contributed by atoms with Crippen LogP contribution >= 0.6 is 0 Å². The fourth-order valence-corrected chi connectivity index (χ4v) is 4.63. The van der Waals surface area contributed by atoms with Gasteiger partial charge in [0.15, 0.2) is 0 Å². The van der Waals surface area contributed by atoms with E-state index in [1.54, 1.807) is 12.4 Å². The second kappa shape index (κ2) is 8.88. The van der Waals surface area contributed by atoms with Crippen molar-refractivity contribution in [2.45, 2.75) is 0 Å².